The van der Waals surface area contributed by atoms with Gasteiger partial charge in [0.1, 0.15) is 0 Å². The van der Waals surface area contributed by atoms with Crippen molar-refractivity contribution < 1.29 is 13.5 Å². The molecule has 0 spiro atoms. The first-order chi connectivity index (χ1) is 9.81. The molecule has 118 valence electrons. The summed E-state index contributed by atoms with van der Waals surface area (Å²) in [6.45, 7) is 3.80. The molecule has 0 bridgehead atoms. The van der Waals surface area contributed by atoms with Crippen LogP contribution in [0.1, 0.15) is 36.8 Å². The number of hydrogen-bond donors (Lipinski definition) is 3. The van der Waals surface area contributed by atoms with Crippen LogP contribution in [0, 0.1) is 19.8 Å². The van der Waals surface area contributed by atoms with Gasteiger partial charge >= 0.3 is 0 Å². The Morgan fingerprint density at radius 1 is 1.29 bits per heavy atom. The molecule has 21 heavy (non-hydrogen) atoms. The molecular weight excluding hydrogens is 288 g/mol. The molecule has 1 aliphatic carbocycles. The van der Waals surface area contributed by atoms with Crippen LogP contribution in [0.15, 0.2) is 17.0 Å². The van der Waals surface area contributed by atoms with Crippen LogP contribution in [0.3, 0.4) is 0 Å². The van der Waals surface area contributed by atoms with Gasteiger partial charge in [-0.05, 0) is 55.9 Å². The molecule has 2 unspecified atom stereocenters. The summed E-state index contributed by atoms with van der Waals surface area (Å²) in [6, 6.07) is 3.39. The average molecular weight is 312 g/mol. The van der Waals surface area contributed by atoms with Gasteiger partial charge in [0.15, 0.2) is 0 Å². The second kappa shape index (κ2) is 6.34. The minimum atomic E-state index is -3.60. The summed E-state index contributed by atoms with van der Waals surface area (Å²) in [7, 11) is -3.60. The molecule has 0 aromatic heterocycles. The molecule has 1 saturated carbocycles. The highest BCUT2D eigenvalue weighted by Crippen LogP contribution is 2.26. The van der Waals surface area contributed by atoms with Gasteiger partial charge in [0.2, 0.25) is 10.0 Å². The molecular formula is C15H24N2O3S. The number of benzene rings is 1. The number of anilines is 1. The van der Waals surface area contributed by atoms with Gasteiger partial charge in [-0.15, -0.1) is 0 Å². The van der Waals surface area contributed by atoms with E-state index in [9.17, 15) is 13.5 Å². The fourth-order valence-corrected chi connectivity index (χ4v) is 4.30. The Bertz CT molecular complexity index is 614. The average Bonchev–Trinajstić information content (AvgIpc) is 2.42. The Morgan fingerprint density at radius 3 is 2.62 bits per heavy atom. The maximum Gasteiger partial charge on any atom is 0.240 e. The van der Waals surface area contributed by atoms with Crippen molar-refractivity contribution in [3.8, 4) is 0 Å². The lowest BCUT2D eigenvalue weighted by Crippen LogP contribution is -2.36. The van der Waals surface area contributed by atoms with Gasteiger partial charge in [-0.2, -0.15) is 0 Å². The van der Waals surface area contributed by atoms with Gasteiger partial charge in [-0.1, -0.05) is 12.8 Å². The van der Waals surface area contributed by atoms with Crippen molar-refractivity contribution >= 4 is 15.7 Å². The Labute approximate surface area is 126 Å². The van der Waals surface area contributed by atoms with E-state index in [1.165, 1.54) is 0 Å². The van der Waals surface area contributed by atoms with E-state index in [0.717, 1.165) is 31.2 Å². The Hall–Kier alpha value is -1.11. The predicted octanol–water partition coefficient (Wildman–Crippen LogP) is 1.72. The van der Waals surface area contributed by atoms with Crippen molar-refractivity contribution in [3.63, 3.8) is 0 Å². The van der Waals surface area contributed by atoms with E-state index < -0.39 is 16.1 Å². The maximum absolute atomic E-state index is 12.5. The summed E-state index contributed by atoms with van der Waals surface area (Å²) in [5.41, 5.74) is 7.71. The first kappa shape index (κ1) is 16.3. The normalized spacial score (nSPS) is 23.2. The summed E-state index contributed by atoms with van der Waals surface area (Å²) >= 11 is 0. The zero-order chi connectivity index (χ0) is 15.6. The van der Waals surface area contributed by atoms with E-state index in [1.807, 2.05) is 6.92 Å². The second-order valence-electron chi connectivity index (χ2n) is 5.94. The molecule has 0 aliphatic heterocycles. The van der Waals surface area contributed by atoms with Crippen LogP contribution in [-0.2, 0) is 10.0 Å². The lowest BCUT2D eigenvalue weighted by atomic mass is 9.87. The van der Waals surface area contributed by atoms with Crippen LogP contribution >= 0.6 is 0 Å². The van der Waals surface area contributed by atoms with Crippen molar-refractivity contribution in [2.75, 3.05) is 12.3 Å². The highest BCUT2D eigenvalue weighted by molar-refractivity contribution is 7.89. The SMILES string of the molecule is Cc1cc(N)c(C)c(S(=O)(=O)NCC2CCCCC2O)c1. The fourth-order valence-electron chi connectivity index (χ4n) is 2.85. The molecule has 0 saturated heterocycles. The molecule has 4 N–H and O–H groups in total. The lowest BCUT2D eigenvalue weighted by Gasteiger charge is -2.27. The standard InChI is InChI=1S/C15H24N2O3S/c1-10-7-13(16)11(2)15(8-10)21(19,20)17-9-12-5-3-4-6-14(12)18/h7-8,12,14,17-18H,3-6,9,16H2,1-2H3. The van der Waals surface area contributed by atoms with E-state index >= 15 is 0 Å². The van der Waals surface area contributed by atoms with Crippen molar-refractivity contribution in [2.24, 2.45) is 5.92 Å². The van der Waals surface area contributed by atoms with Crippen molar-refractivity contribution in [1.29, 1.82) is 0 Å². The molecule has 6 heteroatoms. The number of aliphatic hydroxyl groups is 1. The summed E-state index contributed by atoms with van der Waals surface area (Å²) in [5.74, 6) is -0.00372. The fraction of sp³-hybridized carbons (Fsp3) is 0.600. The number of sulfonamides is 1. The first-order valence-electron chi connectivity index (χ1n) is 7.35. The molecule has 0 amide bonds. The number of aliphatic hydroxyl groups excluding tert-OH is 1. The minimum absolute atomic E-state index is 0.00372. The van der Waals surface area contributed by atoms with Gasteiger partial charge in [0, 0.05) is 12.2 Å². The zero-order valence-electron chi connectivity index (χ0n) is 12.6. The van der Waals surface area contributed by atoms with Crippen LogP contribution in [0.2, 0.25) is 0 Å². The van der Waals surface area contributed by atoms with Crippen LogP contribution in [0.25, 0.3) is 0 Å². The highest BCUT2D eigenvalue weighted by Gasteiger charge is 2.26. The minimum Gasteiger partial charge on any atom is -0.398 e. The molecule has 1 aromatic carbocycles. The Kier molecular flexibility index (Phi) is 4.91. The number of hydrogen-bond acceptors (Lipinski definition) is 4. The maximum atomic E-state index is 12.5. The van der Waals surface area contributed by atoms with Crippen LogP contribution in [0.4, 0.5) is 5.69 Å². The van der Waals surface area contributed by atoms with Crippen LogP contribution in [-0.4, -0.2) is 26.2 Å². The molecule has 0 radical (unpaired) electrons. The smallest absolute Gasteiger partial charge is 0.240 e. The first-order valence-corrected chi connectivity index (χ1v) is 8.84. The lowest BCUT2D eigenvalue weighted by molar-refractivity contribution is 0.0724. The molecule has 1 fully saturated rings. The molecule has 5 nitrogen and oxygen atoms in total. The van der Waals surface area contributed by atoms with E-state index in [0.29, 0.717) is 11.3 Å². The Morgan fingerprint density at radius 2 is 1.95 bits per heavy atom. The van der Waals surface area contributed by atoms with Crippen molar-refractivity contribution in [1.82, 2.24) is 4.72 Å². The summed E-state index contributed by atoms with van der Waals surface area (Å²) in [4.78, 5) is 0.227. The van der Waals surface area contributed by atoms with Gasteiger partial charge in [0.05, 0.1) is 11.0 Å². The third kappa shape index (κ3) is 3.75. The number of aryl methyl sites for hydroxylation is 1. The van der Waals surface area contributed by atoms with Crippen LogP contribution < -0.4 is 10.5 Å². The van der Waals surface area contributed by atoms with Gasteiger partial charge in [-0.3, -0.25) is 0 Å². The highest BCUT2D eigenvalue weighted by atomic mass is 32.2. The van der Waals surface area contributed by atoms with Gasteiger partial charge in [0.25, 0.3) is 0 Å². The molecule has 2 atom stereocenters. The predicted molar refractivity (Wildman–Crippen MR) is 83.5 cm³/mol. The molecule has 1 aliphatic rings. The molecule has 0 heterocycles. The van der Waals surface area contributed by atoms with Crippen molar-refractivity contribution in [3.05, 3.63) is 23.3 Å². The third-order valence-corrected chi connectivity index (χ3v) is 5.79. The number of nitrogen functional groups attached to an aromatic ring is 1. The third-order valence-electron chi connectivity index (χ3n) is 4.24. The second-order valence-corrected chi connectivity index (χ2v) is 7.68. The summed E-state index contributed by atoms with van der Waals surface area (Å²) in [6.07, 6.45) is 3.25. The summed E-state index contributed by atoms with van der Waals surface area (Å²) in [5, 5.41) is 9.92. The van der Waals surface area contributed by atoms with E-state index in [-0.39, 0.29) is 17.4 Å². The van der Waals surface area contributed by atoms with Gasteiger partial charge < -0.3 is 10.8 Å². The van der Waals surface area contributed by atoms with Crippen LogP contribution in [0.5, 0.6) is 0 Å². The summed E-state index contributed by atoms with van der Waals surface area (Å²) < 4.78 is 27.5. The number of nitrogens with one attached hydrogen (secondary N) is 1. The number of nitrogens with two attached hydrogens (primary N) is 1. The Balaban J connectivity index is 2.15. The van der Waals surface area contributed by atoms with Crippen molar-refractivity contribution in [2.45, 2.75) is 50.5 Å². The molecule has 1 aromatic rings. The van der Waals surface area contributed by atoms with E-state index in [2.05, 4.69) is 4.72 Å². The largest absolute Gasteiger partial charge is 0.398 e. The zero-order valence-corrected chi connectivity index (χ0v) is 13.4. The molecule has 2 rings (SSSR count). The van der Waals surface area contributed by atoms with E-state index in [4.69, 9.17) is 5.73 Å². The van der Waals surface area contributed by atoms with E-state index in [1.54, 1.807) is 19.1 Å². The number of rotatable bonds is 4. The monoisotopic (exact) mass is 312 g/mol. The topological polar surface area (TPSA) is 92.4 Å². The van der Waals surface area contributed by atoms with Gasteiger partial charge in [-0.25, -0.2) is 13.1 Å². The quantitative estimate of drug-likeness (QED) is 0.738.